The lowest BCUT2D eigenvalue weighted by Gasteiger charge is -2.19. The van der Waals surface area contributed by atoms with E-state index in [1.807, 2.05) is 54.8 Å². The molecule has 156 valence electrons. The highest BCUT2D eigenvalue weighted by Gasteiger charge is 2.22. The molecular weight excluding hydrogens is 439 g/mol. The molecule has 3 rings (SSSR count). The molecular formula is C22H22Cl2N4OS. The highest BCUT2D eigenvalue weighted by Crippen LogP contribution is 2.29. The normalized spacial score (nSPS) is 12.9. The molecule has 0 saturated carbocycles. The lowest BCUT2D eigenvalue weighted by atomic mass is 10.1. The molecule has 2 atom stereocenters. The number of nitrogens with one attached hydrogen (secondary N) is 1. The largest absolute Gasteiger partial charge is 0.349 e. The van der Waals surface area contributed by atoms with Gasteiger partial charge in [0, 0.05) is 22.2 Å². The van der Waals surface area contributed by atoms with Crippen LogP contribution < -0.4 is 5.32 Å². The molecule has 0 spiro atoms. The van der Waals surface area contributed by atoms with Crippen LogP contribution in [0.15, 0.2) is 66.3 Å². The summed E-state index contributed by atoms with van der Waals surface area (Å²) in [4.78, 5) is 12.8. The number of halogens is 2. The third kappa shape index (κ3) is 5.25. The first-order valence-corrected chi connectivity index (χ1v) is 11.1. The first-order valence-electron chi connectivity index (χ1n) is 9.42. The molecule has 0 bridgehead atoms. The van der Waals surface area contributed by atoms with Gasteiger partial charge in [-0.15, -0.1) is 16.8 Å². The molecule has 5 nitrogen and oxygen atoms in total. The van der Waals surface area contributed by atoms with Gasteiger partial charge in [-0.3, -0.25) is 9.36 Å². The predicted octanol–water partition coefficient (Wildman–Crippen LogP) is 5.80. The Hall–Kier alpha value is -2.28. The Bertz CT molecular complexity index is 1040. The number of allylic oxidation sites excluding steroid dienone is 1. The maximum atomic E-state index is 12.8. The number of nitrogens with zero attached hydrogens (tertiary/aromatic N) is 3. The summed E-state index contributed by atoms with van der Waals surface area (Å²) in [5.41, 5.74) is 1.77. The molecule has 0 aliphatic rings. The number of amides is 1. The Morgan fingerprint density at radius 3 is 2.60 bits per heavy atom. The van der Waals surface area contributed by atoms with Crippen LogP contribution in [0.5, 0.6) is 0 Å². The lowest BCUT2D eigenvalue weighted by Crippen LogP contribution is -2.33. The fraction of sp³-hybridized carbons (Fsp3) is 0.227. The van der Waals surface area contributed by atoms with Crippen molar-refractivity contribution in [1.82, 2.24) is 20.1 Å². The molecule has 0 saturated heterocycles. The van der Waals surface area contributed by atoms with E-state index in [0.29, 0.717) is 21.7 Å². The SMILES string of the molecule is C=CCn1c(SC(C)C(=O)NC(C)c2ccc(Cl)cc2Cl)nnc1-c1ccccc1. The van der Waals surface area contributed by atoms with Crippen molar-refractivity contribution >= 4 is 40.9 Å². The molecule has 2 aromatic carbocycles. The quantitative estimate of drug-likeness (QED) is 0.341. The molecule has 2 unspecified atom stereocenters. The van der Waals surface area contributed by atoms with E-state index in [1.54, 1.807) is 18.2 Å². The van der Waals surface area contributed by atoms with Crippen LogP contribution in [-0.4, -0.2) is 25.9 Å². The van der Waals surface area contributed by atoms with Crippen LogP contribution >= 0.6 is 35.0 Å². The van der Waals surface area contributed by atoms with E-state index in [4.69, 9.17) is 23.2 Å². The van der Waals surface area contributed by atoms with Gasteiger partial charge in [-0.2, -0.15) is 0 Å². The molecule has 1 amide bonds. The Morgan fingerprint density at radius 2 is 1.93 bits per heavy atom. The molecule has 1 aromatic heterocycles. The second-order valence-corrected chi connectivity index (χ2v) is 8.88. The summed E-state index contributed by atoms with van der Waals surface area (Å²) >= 11 is 13.6. The number of carbonyl (C=O) groups is 1. The average Bonchev–Trinajstić information content (AvgIpc) is 3.11. The van der Waals surface area contributed by atoms with Gasteiger partial charge >= 0.3 is 0 Å². The number of hydrogen-bond donors (Lipinski definition) is 1. The maximum Gasteiger partial charge on any atom is 0.233 e. The molecule has 0 fully saturated rings. The van der Waals surface area contributed by atoms with Crippen LogP contribution in [-0.2, 0) is 11.3 Å². The summed E-state index contributed by atoms with van der Waals surface area (Å²) in [5.74, 6) is 0.625. The minimum absolute atomic E-state index is 0.118. The van der Waals surface area contributed by atoms with Crippen LogP contribution in [0.2, 0.25) is 10.0 Å². The van der Waals surface area contributed by atoms with E-state index in [2.05, 4.69) is 22.1 Å². The third-order valence-corrected chi connectivity index (χ3v) is 6.14. The summed E-state index contributed by atoms with van der Waals surface area (Å²) in [7, 11) is 0. The van der Waals surface area contributed by atoms with Crippen molar-refractivity contribution in [3.63, 3.8) is 0 Å². The zero-order valence-electron chi connectivity index (χ0n) is 16.7. The minimum atomic E-state index is -0.380. The summed E-state index contributed by atoms with van der Waals surface area (Å²) in [6.07, 6.45) is 1.79. The summed E-state index contributed by atoms with van der Waals surface area (Å²) in [5, 5.41) is 13.0. The van der Waals surface area contributed by atoms with Crippen molar-refractivity contribution in [3.05, 3.63) is 76.8 Å². The first kappa shape index (κ1) is 22.4. The zero-order valence-corrected chi connectivity index (χ0v) is 19.0. The van der Waals surface area contributed by atoms with Crippen molar-refractivity contribution in [1.29, 1.82) is 0 Å². The molecule has 1 heterocycles. The fourth-order valence-electron chi connectivity index (χ4n) is 2.94. The van der Waals surface area contributed by atoms with Gasteiger partial charge < -0.3 is 5.32 Å². The Kier molecular flexibility index (Phi) is 7.58. The number of rotatable bonds is 8. The predicted molar refractivity (Wildman–Crippen MR) is 124 cm³/mol. The number of hydrogen-bond acceptors (Lipinski definition) is 4. The fourth-order valence-corrected chi connectivity index (χ4v) is 4.38. The van der Waals surface area contributed by atoms with E-state index >= 15 is 0 Å². The van der Waals surface area contributed by atoms with Crippen LogP contribution in [0.25, 0.3) is 11.4 Å². The molecule has 30 heavy (non-hydrogen) atoms. The van der Waals surface area contributed by atoms with Gasteiger partial charge in [0.1, 0.15) is 0 Å². The smallest absolute Gasteiger partial charge is 0.233 e. The second kappa shape index (κ2) is 10.2. The third-order valence-electron chi connectivity index (χ3n) is 4.50. The van der Waals surface area contributed by atoms with Crippen molar-refractivity contribution in [3.8, 4) is 11.4 Å². The molecule has 0 radical (unpaired) electrons. The van der Waals surface area contributed by atoms with E-state index in [9.17, 15) is 4.79 Å². The topological polar surface area (TPSA) is 59.8 Å². The van der Waals surface area contributed by atoms with Gasteiger partial charge in [-0.1, -0.05) is 77.4 Å². The van der Waals surface area contributed by atoms with Gasteiger partial charge in [0.15, 0.2) is 11.0 Å². The van der Waals surface area contributed by atoms with Gasteiger partial charge in [0.25, 0.3) is 0 Å². The van der Waals surface area contributed by atoms with Crippen LogP contribution in [0.3, 0.4) is 0 Å². The van der Waals surface area contributed by atoms with Gasteiger partial charge in [-0.05, 0) is 31.5 Å². The average molecular weight is 461 g/mol. The number of aromatic nitrogens is 3. The Balaban J connectivity index is 1.73. The summed E-state index contributed by atoms with van der Waals surface area (Å²) < 4.78 is 1.95. The Morgan fingerprint density at radius 1 is 1.20 bits per heavy atom. The molecule has 8 heteroatoms. The van der Waals surface area contributed by atoms with Crippen LogP contribution in [0.1, 0.15) is 25.5 Å². The van der Waals surface area contributed by atoms with Crippen molar-refractivity contribution in [2.45, 2.75) is 36.8 Å². The highest BCUT2D eigenvalue weighted by atomic mass is 35.5. The zero-order chi connectivity index (χ0) is 21.7. The molecule has 1 N–H and O–H groups in total. The van der Waals surface area contributed by atoms with Gasteiger partial charge in [-0.25, -0.2) is 0 Å². The molecule has 3 aromatic rings. The first-order chi connectivity index (χ1) is 14.4. The Labute approximate surface area is 190 Å². The van der Waals surface area contributed by atoms with Crippen molar-refractivity contribution in [2.24, 2.45) is 0 Å². The number of carbonyl (C=O) groups excluding carboxylic acids is 1. The second-order valence-electron chi connectivity index (χ2n) is 6.73. The number of thioether (sulfide) groups is 1. The molecule has 0 aliphatic heterocycles. The standard InChI is InChI=1S/C22H22Cl2N4OS/c1-4-12-28-20(16-8-6-5-7-9-16)26-27-22(28)30-15(3)21(29)25-14(2)18-11-10-17(23)13-19(18)24/h4-11,13-15H,1,12H2,2-3H3,(H,25,29). The van der Waals surface area contributed by atoms with Crippen molar-refractivity contribution in [2.75, 3.05) is 0 Å². The number of benzene rings is 2. The van der Waals surface area contributed by atoms with Gasteiger partial charge in [0.05, 0.1) is 11.3 Å². The van der Waals surface area contributed by atoms with E-state index in [1.165, 1.54) is 11.8 Å². The monoisotopic (exact) mass is 460 g/mol. The lowest BCUT2D eigenvalue weighted by molar-refractivity contribution is -0.120. The summed E-state index contributed by atoms with van der Waals surface area (Å²) in [6, 6.07) is 14.8. The summed E-state index contributed by atoms with van der Waals surface area (Å²) in [6.45, 7) is 8.10. The van der Waals surface area contributed by atoms with E-state index in [0.717, 1.165) is 17.0 Å². The maximum absolute atomic E-state index is 12.8. The van der Waals surface area contributed by atoms with Crippen LogP contribution in [0.4, 0.5) is 0 Å². The van der Waals surface area contributed by atoms with E-state index in [-0.39, 0.29) is 17.2 Å². The highest BCUT2D eigenvalue weighted by molar-refractivity contribution is 8.00. The van der Waals surface area contributed by atoms with Crippen molar-refractivity contribution < 1.29 is 4.79 Å². The van der Waals surface area contributed by atoms with E-state index < -0.39 is 0 Å². The minimum Gasteiger partial charge on any atom is -0.349 e. The van der Waals surface area contributed by atoms with Crippen LogP contribution in [0, 0.1) is 0 Å². The van der Waals surface area contributed by atoms with Gasteiger partial charge in [0.2, 0.25) is 5.91 Å². The molecule has 0 aliphatic carbocycles.